The van der Waals surface area contributed by atoms with E-state index < -0.39 is 35.3 Å². The van der Waals surface area contributed by atoms with Crippen molar-refractivity contribution in [2.45, 2.75) is 38.5 Å². The molecule has 2 atom stereocenters. The van der Waals surface area contributed by atoms with Gasteiger partial charge in [-0.15, -0.1) is 0 Å². The molecule has 2 aromatic carbocycles. The number of imide groups is 1. The number of phenolic OH excluding ortho intramolecular Hbond substituents is 2. The Hall–Kier alpha value is -3.59. The molecule has 0 bridgehead atoms. The molecule has 0 fully saturated rings. The first-order valence-electron chi connectivity index (χ1n) is 9.11. The minimum absolute atomic E-state index is 0.169. The Balaban J connectivity index is 2.38. The standard InChI is InChI=1S/C21H24N2O7/c1-13(22)18(26)23(20(29)30-12-14-6-4-3-5-7-14)21(2,19(27)28)11-15-8-9-16(24)17(25)10-15/h3-10,13,24-25H,11-12,22H2,1-2H3,(H,27,28)/t13-,21-/m0/s1. The first-order chi connectivity index (χ1) is 14.1. The molecule has 2 amide bonds. The molecule has 9 heteroatoms. The average Bonchev–Trinajstić information content (AvgIpc) is 2.69. The molecule has 0 heterocycles. The summed E-state index contributed by atoms with van der Waals surface area (Å²) >= 11 is 0. The summed E-state index contributed by atoms with van der Waals surface area (Å²) in [5, 5.41) is 29.1. The van der Waals surface area contributed by atoms with E-state index in [9.17, 15) is 29.7 Å². The first-order valence-corrected chi connectivity index (χ1v) is 9.11. The van der Waals surface area contributed by atoms with E-state index in [0.717, 1.165) is 6.07 Å². The zero-order valence-electron chi connectivity index (χ0n) is 16.6. The van der Waals surface area contributed by atoms with E-state index in [1.165, 1.54) is 26.0 Å². The summed E-state index contributed by atoms with van der Waals surface area (Å²) in [6.45, 7) is 2.34. The maximum absolute atomic E-state index is 12.8. The van der Waals surface area contributed by atoms with Gasteiger partial charge in [0, 0.05) is 6.42 Å². The maximum Gasteiger partial charge on any atom is 0.417 e. The molecule has 9 nitrogen and oxygen atoms in total. The molecule has 0 saturated carbocycles. The van der Waals surface area contributed by atoms with Gasteiger partial charge in [0.1, 0.15) is 6.61 Å². The van der Waals surface area contributed by atoms with Gasteiger partial charge in [-0.1, -0.05) is 36.4 Å². The third-order valence-corrected chi connectivity index (χ3v) is 4.54. The lowest BCUT2D eigenvalue weighted by Gasteiger charge is -2.36. The third-order valence-electron chi connectivity index (χ3n) is 4.54. The summed E-state index contributed by atoms with van der Waals surface area (Å²) in [4.78, 5) is 38.2. The molecule has 0 spiro atoms. The minimum Gasteiger partial charge on any atom is -0.504 e. The van der Waals surface area contributed by atoms with Gasteiger partial charge >= 0.3 is 12.1 Å². The van der Waals surface area contributed by atoms with Gasteiger partial charge in [-0.25, -0.2) is 14.5 Å². The zero-order chi connectivity index (χ0) is 22.5. The molecule has 5 N–H and O–H groups in total. The molecular weight excluding hydrogens is 392 g/mol. The predicted octanol–water partition coefficient (Wildman–Crippen LogP) is 2.00. The highest BCUT2D eigenvalue weighted by atomic mass is 16.6. The predicted molar refractivity (Wildman–Crippen MR) is 107 cm³/mol. The topological polar surface area (TPSA) is 150 Å². The van der Waals surface area contributed by atoms with Crippen LogP contribution in [-0.2, 0) is 27.4 Å². The van der Waals surface area contributed by atoms with Crippen molar-refractivity contribution < 1.29 is 34.4 Å². The second kappa shape index (κ2) is 9.27. The number of rotatable bonds is 7. The van der Waals surface area contributed by atoms with E-state index in [2.05, 4.69) is 0 Å². The van der Waals surface area contributed by atoms with Crippen molar-refractivity contribution in [1.82, 2.24) is 4.90 Å². The molecule has 30 heavy (non-hydrogen) atoms. The van der Waals surface area contributed by atoms with Crippen molar-refractivity contribution in [2.24, 2.45) is 5.73 Å². The average molecular weight is 416 g/mol. The molecule has 0 radical (unpaired) electrons. The molecule has 0 aliphatic heterocycles. The minimum atomic E-state index is -2.07. The summed E-state index contributed by atoms with van der Waals surface area (Å²) in [7, 11) is 0. The third kappa shape index (κ3) is 5.06. The molecule has 0 unspecified atom stereocenters. The Labute approximate surface area is 173 Å². The van der Waals surface area contributed by atoms with Crippen molar-refractivity contribution in [3.8, 4) is 11.5 Å². The van der Waals surface area contributed by atoms with Crippen LogP contribution in [0.25, 0.3) is 0 Å². The summed E-state index contributed by atoms with van der Waals surface area (Å²) in [6.07, 6.45) is -1.51. The normalized spacial score (nSPS) is 13.7. The molecule has 160 valence electrons. The molecule has 2 aromatic rings. The second-order valence-electron chi connectivity index (χ2n) is 7.08. The van der Waals surface area contributed by atoms with Gasteiger partial charge < -0.3 is 25.8 Å². The van der Waals surface area contributed by atoms with Gasteiger partial charge in [0.2, 0.25) is 5.91 Å². The highest BCUT2D eigenvalue weighted by molar-refractivity contribution is 6.00. The van der Waals surface area contributed by atoms with E-state index in [-0.39, 0.29) is 24.3 Å². The van der Waals surface area contributed by atoms with Crippen molar-refractivity contribution in [1.29, 1.82) is 0 Å². The largest absolute Gasteiger partial charge is 0.504 e. The van der Waals surface area contributed by atoms with Crippen molar-refractivity contribution in [3.05, 3.63) is 59.7 Å². The molecule has 0 aliphatic carbocycles. The van der Waals surface area contributed by atoms with Gasteiger partial charge in [0.25, 0.3) is 0 Å². The number of carboxylic acids is 1. The Morgan fingerprint density at radius 1 is 1.07 bits per heavy atom. The number of ether oxygens (including phenoxy) is 1. The number of carbonyl (C=O) groups excluding carboxylic acids is 2. The van der Waals surface area contributed by atoms with Crippen LogP contribution in [0.2, 0.25) is 0 Å². The number of amides is 2. The van der Waals surface area contributed by atoms with Crippen LogP contribution in [0.5, 0.6) is 11.5 Å². The van der Waals surface area contributed by atoms with Crippen LogP contribution in [0.1, 0.15) is 25.0 Å². The molecular formula is C21H24N2O7. The van der Waals surface area contributed by atoms with Crippen molar-refractivity contribution in [2.75, 3.05) is 0 Å². The van der Waals surface area contributed by atoms with E-state index in [0.29, 0.717) is 10.5 Å². The number of nitrogens with two attached hydrogens (primary N) is 1. The molecule has 2 rings (SSSR count). The molecule has 0 aliphatic rings. The van der Waals surface area contributed by atoms with E-state index in [1.54, 1.807) is 30.3 Å². The Morgan fingerprint density at radius 3 is 2.23 bits per heavy atom. The van der Waals surface area contributed by atoms with Gasteiger partial charge in [-0.3, -0.25) is 4.79 Å². The zero-order valence-corrected chi connectivity index (χ0v) is 16.6. The number of hydrogen-bond acceptors (Lipinski definition) is 7. The van der Waals surface area contributed by atoms with Gasteiger partial charge in [-0.05, 0) is 37.1 Å². The van der Waals surface area contributed by atoms with Crippen molar-refractivity contribution >= 4 is 18.0 Å². The Morgan fingerprint density at radius 2 is 1.70 bits per heavy atom. The first kappa shape index (κ1) is 22.7. The smallest absolute Gasteiger partial charge is 0.417 e. The van der Waals surface area contributed by atoms with E-state index in [1.807, 2.05) is 0 Å². The fourth-order valence-corrected chi connectivity index (χ4v) is 2.85. The van der Waals surface area contributed by atoms with Gasteiger partial charge in [0.05, 0.1) is 6.04 Å². The van der Waals surface area contributed by atoms with Gasteiger partial charge in [-0.2, -0.15) is 0 Å². The highest BCUT2D eigenvalue weighted by Crippen LogP contribution is 2.29. The SMILES string of the molecule is C[C@H](N)C(=O)N(C(=O)OCc1ccccc1)[C@@](C)(Cc1ccc(O)c(O)c1)C(=O)O. The lowest BCUT2D eigenvalue weighted by molar-refractivity contribution is -0.156. The Kier molecular flexibility index (Phi) is 7.01. The molecule has 0 saturated heterocycles. The van der Waals surface area contributed by atoms with Crippen LogP contribution in [0.3, 0.4) is 0 Å². The number of aliphatic carboxylic acids is 1. The molecule has 0 aromatic heterocycles. The van der Waals surface area contributed by atoms with Gasteiger partial charge in [0.15, 0.2) is 17.0 Å². The van der Waals surface area contributed by atoms with Crippen LogP contribution in [0, 0.1) is 0 Å². The number of aromatic hydroxyl groups is 2. The maximum atomic E-state index is 12.8. The quantitative estimate of drug-likeness (QED) is 0.500. The number of phenols is 2. The fraction of sp³-hybridized carbons (Fsp3) is 0.286. The summed E-state index contributed by atoms with van der Waals surface area (Å²) < 4.78 is 5.20. The van der Waals surface area contributed by atoms with Crippen LogP contribution in [-0.4, -0.2) is 49.8 Å². The number of hydrogen-bond donors (Lipinski definition) is 4. The van der Waals surface area contributed by atoms with Crippen LogP contribution >= 0.6 is 0 Å². The Bertz CT molecular complexity index is 930. The summed E-state index contributed by atoms with van der Waals surface area (Å²) in [5.41, 5.74) is 4.51. The number of carboxylic acid groups (broad SMARTS) is 1. The summed E-state index contributed by atoms with van der Waals surface area (Å²) in [5.74, 6) is -3.25. The lowest BCUT2D eigenvalue weighted by atomic mass is 9.90. The fourth-order valence-electron chi connectivity index (χ4n) is 2.85. The van der Waals surface area contributed by atoms with Crippen LogP contribution in [0.15, 0.2) is 48.5 Å². The monoisotopic (exact) mass is 416 g/mol. The number of nitrogens with zero attached hydrogens (tertiary/aromatic N) is 1. The highest BCUT2D eigenvalue weighted by Gasteiger charge is 2.48. The van der Waals surface area contributed by atoms with Crippen LogP contribution < -0.4 is 5.73 Å². The number of benzene rings is 2. The van der Waals surface area contributed by atoms with E-state index >= 15 is 0 Å². The van der Waals surface area contributed by atoms with Crippen LogP contribution in [0.4, 0.5) is 4.79 Å². The second-order valence-corrected chi connectivity index (χ2v) is 7.08. The van der Waals surface area contributed by atoms with E-state index in [4.69, 9.17) is 10.5 Å². The van der Waals surface area contributed by atoms with Crippen molar-refractivity contribution in [3.63, 3.8) is 0 Å². The summed E-state index contributed by atoms with van der Waals surface area (Å²) in [6, 6.07) is 11.2. The number of carbonyl (C=O) groups is 3. The lowest BCUT2D eigenvalue weighted by Crippen LogP contribution is -2.62.